The molecule has 1 aromatic carbocycles. The van der Waals surface area contributed by atoms with Gasteiger partial charge in [-0.2, -0.15) is 0 Å². The minimum atomic E-state index is -0.950. The quantitative estimate of drug-likeness (QED) is 0.774. The Balaban J connectivity index is 2.59. The van der Waals surface area contributed by atoms with Crippen molar-refractivity contribution >= 4 is 11.8 Å². The summed E-state index contributed by atoms with van der Waals surface area (Å²) >= 11 is 0. The molecule has 1 amide bonds. The lowest BCUT2D eigenvalue weighted by Crippen LogP contribution is -2.32. The van der Waals surface area contributed by atoms with Crippen LogP contribution in [0.5, 0.6) is 0 Å². The molecule has 4 heteroatoms. The Labute approximate surface area is 102 Å². The van der Waals surface area contributed by atoms with Crippen molar-refractivity contribution in [3.8, 4) is 0 Å². The summed E-state index contributed by atoms with van der Waals surface area (Å²) < 4.78 is 5.30. The first kappa shape index (κ1) is 13.5. The molecule has 94 valence electrons. The van der Waals surface area contributed by atoms with Gasteiger partial charge in [-0.05, 0) is 25.5 Å². The molecule has 4 nitrogen and oxygen atoms in total. The second-order valence-electron chi connectivity index (χ2n) is 3.88. The SMILES string of the molecule is CCCOCCN(C(=O)O)c1ccc(C)cc1. The van der Waals surface area contributed by atoms with Gasteiger partial charge in [0.2, 0.25) is 0 Å². The summed E-state index contributed by atoms with van der Waals surface area (Å²) in [6.45, 7) is 5.45. The number of anilines is 1. The molecule has 0 heterocycles. The summed E-state index contributed by atoms with van der Waals surface area (Å²) in [7, 11) is 0. The van der Waals surface area contributed by atoms with E-state index in [2.05, 4.69) is 0 Å². The van der Waals surface area contributed by atoms with Crippen molar-refractivity contribution in [3.05, 3.63) is 29.8 Å². The predicted molar refractivity (Wildman–Crippen MR) is 67.7 cm³/mol. The van der Waals surface area contributed by atoms with Gasteiger partial charge in [0.05, 0.1) is 13.2 Å². The molecule has 0 unspecified atom stereocenters. The Hall–Kier alpha value is -1.55. The molecule has 0 fully saturated rings. The fraction of sp³-hybridized carbons (Fsp3) is 0.462. The summed E-state index contributed by atoms with van der Waals surface area (Å²) in [5, 5.41) is 9.12. The number of amides is 1. The van der Waals surface area contributed by atoms with Crippen LogP contribution in [0.2, 0.25) is 0 Å². The van der Waals surface area contributed by atoms with Gasteiger partial charge >= 0.3 is 6.09 Å². The first-order valence-electron chi connectivity index (χ1n) is 5.80. The van der Waals surface area contributed by atoms with Crippen molar-refractivity contribution in [2.45, 2.75) is 20.3 Å². The van der Waals surface area contributed by atoms with E-state index in [9.17, 15) is 4.79 Å². The zero-order chi connectivity index (χ0) is 12.7. The lowest BCUT2D eigenvalue weighted by Gasteiger charge is -2.19. The number of ether oxygens (including phenoxy) is 1. The summed E-state index contributed by atoms with van der Waals surface area (Å²) in [5.74, 6) is 0. The Morgan fingerprint density at radius 3 is 2.47 bits per heavy atom. The number of hydrogen-bond donors (Lipinski definition) is 1. The van der Waals surface area contributed by atoms with E-state index in [-0.39, 0.29) is 0 Å². The monoisotopic (exact) mass is 237 g/mol. The molecule has 0 bridgehead atoms. The van der Waals surface area contributed by atoms with Gasteiger partial charge in [0.1, 0.15) is 0 Å². The van der Waals surface area contributed by atoms with Gasteiger partial charge in [-0.25, -0.2) is 4.79 Å². The highest BCUT2D eigenvalue weighted by molar-refractivity contribution is 5.85. The van der Waals surface area contributed by atoms with Crippen molar-refractivity contribution in [3.63, 3.8) is 0 Å². The number of rotatable bonds is 6. The second kappa shape index (κ2) is 6.91. The average molecular weight is 237 g/mol. The fourth-order valence-electron chi connectivity index (χ4n) is 1.46. The van der Waals surface area contributed by atoms with E-state index in [1.54, 1.807) is 0 Å². The molecule has 0 aliphatic rings. The van der Waals surface area contributed by atoms with Gasteiger partial charge in [-0.1, -0.05) is 24.6 Å². The van der Waals surface area contributed by atoms with E-state index in [0.29, 0.717) is 25.4 Å². The Bertz CT molecular complexity index is 348. The van der Waals surface area contributed by atoms with Crippen LogP contribution in [0.4, 0.5) is 10.5 Å². The summed E-state index contributed by atoms with van der Waals surface area (Å²) in [5.41, 5.74) is 1.80. The van der Waals surface area contributed by atoms with Crippen molar-refractivity contribution in [2.75, 3.05) is 24.7 Å². The Morgan fingerprint density at radius 1 is 1.29 bits per heavy atom. The van der Waals surface area contributed by atoms with Crippen LogP contribution in [0.25, 0.3) is 0 Å². The van der Waals surface area contributed by atoms with Gasteiger partial charge in [0.15, 0.2) is 0 Å². The third-order valence-corrected chi connectivity index (χ3v) is 2.38. The summed E-state index contributed by atoms with van der Waals surface area (Å²) in [4.78, 5) is 12.4. The van der Waals surface area contributed by atoms with Gasteiger partial charge in [-0.3, -0.25) is 4.90 Å². The van der Waals surface area contributed by atoms with Crippen LogP contribution in [0.3, 0.4) is 0 Å². The number of aryl methyl sites for hydroxylation is 1. The molecule has 0 aliphatic carbocycles. The van der Waals surface area contributed by atoms with E-state index in [1.807, 2.05) is 38.1 Å². The molecule has 0 saturated carbocycles. The number of hydrogen-bond acceptors (Lipinski definition) is 2. The topological polar surface area (TPSA) is 49.8 Å². The highest BCUT2D eigenvalue weighted by Crippen LogP contribution is 2.14. The molecule has 1 rings (SSSR count). The molecule has 0 aliphatic heterocycles. The molecule has 0 saturated heterocycles. The van der Waals surface area contributed by atoms with Crippen LogP contribution in [-0.2, 0) is 4.74 Å². The van der Waals surface area contributed by atoms with Crippen molar-refractivity contribution in [1.29, 1.82) is 0 Å². The summed E-state index contributed by atoms with van der Waals surface area (Å²) in [6, 6.07) is 7.42. The lowest BCUT2D eigenvalue weighted by atomic mass is 10.2. The molecule has 1 N–H and O–H groups in total. The molecule has 0 aromatic heterocycles. The second-order valence-corrected chi connectivity index (χ2v) is 3.88. The van der Waals surface area contributed by atoms with Gasteiger partial charge in [0.25, 0.3) is 0 Å². The van der Waals surface area contributed by atoms with Gasteiger partial charge in [0, 0.05) is 12.3 Å². The third-order valence-electron chi connectivity index (χ3n) is 2.38. The number of nitrogens with zero attached hydrogens (tertiary/aromatic N) is 1. The van der Waals surface area contributed by atoms with Crippen LogP contribution in [0.1, 0.15) is 18.9 Å². The first-order chi connectivity index (χ1) is 8.15. The number of carbonyl (C=O) groups is 1. The first-order valence-corrected chi connectivity index (χ1v) is 5.80. The predicted octanol–water partition coefficient (Wildman–Crippen LogP) is 2.91. The molecule has 0 spiro atoms. The van der Waals surface area contributed by atoms with Crippen LogP contribution < -0.4 is 4.90 Å². The van der Waals surface area contributed by atoms with Crippen LogP contribution in [0, 0.1) is 6.92 Å². The maximum Gasteiger partial charge on any atom is 0.411 e. The fourth-order valence-corrected chi connectivity index (χ4v) is 1.46. The normalized spacial score (nSPS) is 10.2. The van der Waals surface area contributed by atoms with E-state index >= 15 is 0 Å². The molecule has 0 radical (unpaired) electrons. The largest absolute Gasteiger partial charge is 0.465 e. The van der Waals surface area contributed by atoms with Crippen molar-refractivity contribution in [2.24, 2.45) is 0 Å². The zero-order valence-corrected chi connectivity index (χ0v) is 10.3. The van der Waals surface area contributed by atoms with Crippen LogP contribution in [-0.4, -0.2) is 31.0 Å². The van der Waals surface area contributed by atoms with E-state index in [4.69, 9.17) is 9.84 Å². The van der Waals surface area contributed by atoms with Crippen LogP contribution >= 0.6 is 0 Å². The molecule has 17 heavy (non-hydrogen) atoms. The van der Waals surface area contributed by atoms with E-state index in [0.717, 1.165) is 12.0 Å². The summed E-state index contributed by atoms with van der Waals surface area (Å²) in [6.07, 6.45) is -0.00798. The number of carboxylic acid groups (broad SMARTS) is 1. The van der Waals surface area contributed by atoms with Gasteiger partial charge in [-0.15, -0.1) is 0 Å². The minimum absolute atomic E-state index is 0.360. The molecular formula is C13H19NO3. The Kier molecular flexibility index (Phi) is 5.49. The Morgan fingerprint density at radius 2 is 1.94 bits per heavy atom. The highest BCUT2D eigenvalue weighted by atomic mass is 16.5. The standard InChI is InChI=1S/C13H19NO3/c1-3-9-17-10-8-14(13(15)16)12-6-4-11(2)5-7-12/h4-7H,3,8-10H2,1-2H3,(H,15,16). The number of benzene rings is 1. The zero-order valence-electron chi connectivity index (χ0n) is 10.3. The average Bonchev–Trinajstić information content (AvgIpc) is 2.30. The highest BCUT2D eigenvalue weighted by Gasteiger charge is 2.13. The maximum absolute atomic E-state index is 11.1. The smallest absolute Gasteiger partial charge is 0.411 e. The van der Waals surface area contributed by atoms with E-state index in [1.165, 1.54) is 4.90 Å². The third kappa shape index (κ3) is 4.44. The molecule has 1 aromatic rings. The lowest BCUT2D eigenvalue weighted by molar-refractivity contribution is 0.138. The molecular weight excluding hydrogens is 218 g/mol. The molecule has 0 atom stereocenters. The maximum atomic E-state index is 11.1. The van der Waals surface area contributed by atoms with Crippen molar-refractivity contribution < 1.29 is 14.6 Å². The minimum Gasteiger partial charge on any atom is -0.465 e. The van der Waals surface area contributed by atoms with E-state index < -0.39 is 6.09 Å². The van der Waals surface area contributed by atoms with Gasteiger partial charge < -0.3 is 9.84 Å². The van der Waals surface area contributed by atoms with Crippen LogP contribution in [0.15, 0.2) is 24.3 Å². The van der Waals surface area contributed by atoms with Crippen molar-refractivity contribution in [1.82, 2.24) is 0 Å².